The van der Waals surface area contributed by atoms with Crippen LogP contribution in [0.3, 0.4) is 0 Å². The van der Waals surface area contributed by atoms with Gasteiger partial charge in [-0.05, 0) is 50.9 Å². The molecule has 0 unspecified atom stereocenters. The summed E-state index contributed by atoms with van der Waals surface area (Å²) in [6.07, 6.45) is 3.03. The van der Waals surface area contributed by atoms with Crippen molar-refractivity contribution in [2.24, 2.45) is 5.92 Å². The summed E-state index contributed by atoms with van der Waals surface area (Å²) in [5.74, 6) is 0.492. The number of halogens is 1. The number of hydrogen-bond acceptors (Lipinski definition) is 4. The van der Waals surface area contributed by atoms with Crippen LogP contribution in [0.5, 0.6) is 0 Å². The number of nitrogens with zero attached hydrogens (tertiary/aromatic N) is 1. The molecule has 0 saturated carbocycles. The zero-order chi connectivity index (χ0) is 17.7. The van der Waals surface area contributed by atoms with Crippen LogP contribution in [0.1, 0.15) is 35.7 Å². The second kappa shape index (κ2) is 9.40. The van der Waals surface area contributed by atoms with Crippen LogP contribution in [0, 0.1) is 12.8 Å². The van der Waals surface area contributed by atoms with E-state index in [1.807, 2.05) is 11.8 Å². The number of carbonyl (C=O) groups is 1. The molecular formula is C17H28ClN3O3S. The Kier molecular flexibility index (Phi) is 8.18. The molecule has 6 nitrogen and oxygen atoms in total. The molecule has 2 N–H and O–H groups in total. The molecule has 1 fully saturated rings. The molecule has 25 heavy (non-hydrogen) atoms. The third kappa shape index (κ3) is 6.49. The van der Waals surface area contributed by atoms with E-state index in [-0.39, 0.29) is 18.3 Å². The minimum atomic E-state index is -3.42. The standard InChI is InChI=1S/C17H27N3O3S.ClH/c1-4-18-12-14-7-9-20(10-8-14)17(21)15-11-13(2)5-6-16(15)19-24(3,22)23;/h5-6,11,14,18-19H,4,7-10,12H2,1-3H3;1H. The van der Waals surface area contributed by atoms with E-state index in [0.717, 1.165) is 37.8 Å². The zero-order valence-corrected chi connectivity index (χ0v) is 16.7. The summed E-state index contributed by atoms with van der Waals surface area (Å²) in [6, 6.07) is 5.20. The minimum Gasteiger partial charge on any atom is -0.339 e. The molecular weight excluding hydrogens is 362 g/mol. The average Bonchev–Trinajstić information content (AvgIpc) is 2.53. The quantitative estimate of drug-likeness (QED) is 0.782. The number of likely N-dealkylation sites (tertiary alicyclic amines) is 1. The lowest BCUT2D eigenvalue weighted by Gasteiger charge is -2.32. The van der Waals surface area contributed by atoms with Crippen molar-refractivity contribution in [3.63, 3.8) is 0 Å². The SMILES string of the molecule is CCNCC1CCN(C(=O)c2cc(C)ccc2NS(C)(=O)=O)CC1.Cl. The van der Waals surface area contributed by atoms with Gasteiger partial charge in [0.15, 0.2) is 0 Å². The number of benzene rings is 1. The van der Waals surface area contributed by atoms with E-state index in [2.05, 4.69) is 17.0 Å². The summed E-state index contributed by atoms with van der Waals surface area (Å²) in [5, 5.41) is 3.36. The lowest BCUT2D eigenvalue weighted by Crippen LogP contribution is -2.41. The summed E-state index contributed by atoms with van der Waals surface area (Å²) in [4.78, 5) is 14.7. The van der Waals surface area contributed by atoms with Crippen molar-refractivity contribution in [2.45, 2.75) is 26.7 Å². The first-order chi connectivity index (χ1) is 11.3. The number of anilines is 1. The van der Waals surface area contributed by atoms with E-state index < -0.39 is 10.0 Å². The Morgan fingerprint density at radius 1 is 1.28 bits per heavy atom. The van der Waals surface area contributed by atoms with Crippen LogP contribution in [0.2, 0.25) is 0 Å². The van der Waals surface area contributed by atoms with Gasteiger partial charge in [-0.1, -0.05) is 18.6 Å². The molecule has 142 valence electrons. The number of aryl methyl sites for hydroxylation is 1. The van der Waals surface area contributed by atoms with Crippen LogP contribution in [0.15, 0.2) is 18.2 Å². The van der Waals surface area contributed by atoms with E-state index in [4.69, 9.17) is 0 Å². The van der Waals surface area contributed by atoms with Crippen molar-refractivity contribution in [2.75, 3.05) is 37.2 Å². The van der Waals surface area contributed by atoms with Gasteiger partial charge in [0.2, 0.25) is 10.0 Å². The fraction of sp³-hybridized carbons (Fsp3) is 0.588. The fourth-order valence-corrected chi connectivity index (χ4v) is 3.56. The molecule has 0 aromatic heterocycles. The summed E-state index contributed by atoms with van der Waals surface area (Å²) in [7, 11) is -3.42. The second-order valence-corrected chi connectivity index (χ2v) is 8.21. The van der Waals surface area contributed by atoms with E-state index >= 15 is 0 Å². The van der Waals surface area contributed by atoms with Crippen LogP contribution in [-0.2, 0) is 10.0 Å². The number of rotatable bonds is 6. The van der Waals surface area contributed by atoms with Crippen molar-refractivity contribution in [1.82, 2.24) is 10.2 Å². The molecule has 0 aliphatic carbocycles. The Morgan fingerprint density at radius 3 is 2.48 bits per heavy atom. The Hall–Kier alpha value is -1.31. The normalized spacial score (nSPS) is 15.6. The molecule has 2 rings (SSSR count). The lowest BCUT2D eigenvalue weighted by atomic mass is 9.96. The largest absolute Gasteiger partial charge is 0.339 e. The summed E-state index contributed by atoms with van der Waals surface area (Å²) >= 11 is 0. The highest BCUT2D eigenvalue weighted by molar-refractivity contribution is 7.92. The first-order valence-corrected chi connectivity index (χ1v) is 10.3. The van der Waals surface area contributed by atoms with E-state index in [1.54, 1.807) is 18.2 Å². The lowest BCUT2D eigenvalue weighted by molar-refractivity contribution is 0.0691. The predicted octanol–water partition coefficient (Wildman–Crippen LogP) is 2.25. The first kappa shape index (κ1) is 21.7. The average molecular weight is 390 g/mol. The van der Waals surface area contributed by atoms with Gasteiger partial charge in [0, 0.05) is 13.1 Å². The highest BCUT2D eigenvalue weighted by Gasteiger charge is 2.25. The second-order valence-electron chi connectivity index (χ2n) is 6.47. The molecule has 0 atom stereocenters. The Labute approximate surface area is 156 Å². The molecule has 1 amide bonds. The maximum absolute atomic E-state index is 12.9. The molecule has 0 bridgehead atoms. The van der Waals surface area contributed by atoms with Gasteiger partial charge in [0.1, 0.15) is 0 Å². The molecule has 1 aromatic rings. The van der Waals surface area contributed by atoms with Gasteiger partial charge in [-0.25, -0.2) is 8.42 Å². The topological polar surface area (TPSA) is 78.5 Å². The molecule has 1 heterocycles. The van der Waals surface area contributed by atoms with Gasteiger partial charge in [0.05, 0.1) is 17.5 Å². The fourth-order valence-electron chi connectivity index (χ4n) is 2.98. The van der Waals surface area contributed by atoms with Crippen LogP contribution >= 0.6 is 12.4 Å². The smallest absolute Gasteiger partial charge is 0.255 e. The minimum absolute atomic E-state index is 0. The Morgan fingerprint density at radius 2 is 1.92 bits per heavy atom. The molecule has 1 aliphatic rings. The number of amides is 1. The van der Waals surface area contributed by atoms with E-state index in [1.165, 1.54) is 0 Å². The van der Waals surface area contributed by atoms with Gasteiger partial charge in [-0.15, -0.1) is 12.4 Å². The molecule has 1 saturated heterocycles. The molecule has 8 heteroatoms. The van der Waals surface area contributed by atoms with Crippen LogP contribution in [-0.4, -0.2) is 51.7 Å². The molecule has 1 aromatic carbocycles. The monoisotopic (exact) mass is 389 g/mol. The zero-order valence-electron chi connectivity index (χ0n) is 15.0. The predicted molar refractivity (Wildman–Crippen MR) is 104 cm³/mol. The number of piperidine rings is 1. The Bertz CT molecular complexity index is 686. The van der Waals surface area contributed by atoms with Crippen LogP contribution < -0.4 is 10.0 Å². The third-order valence-corrected chi connectivity index (χ3v) is 4.88. The van der Waals surface area contributed by atoms with Crippen LogP contribution in [0.4, 0.5) is 5.69 Å². The maximum Gasteiger partial charge on any atom is 0.255 e. The van der Waals surface area contributed by atoms with Crippen molar-refractivity contribution >= 4 is 34.0 Å². The highest BCUT2D eigenvalue weighted by Crippen LogP contribution is 2.24. The summed E-state index contributed by atoms with van der Waals surface area (Å²) in [6.45, 7) is 7.35. The van der Waals surface area contributed by atoms with Crippen molar-refractivity contribution in [3.8, 4) is 0 Å². The van der Waals surface area contributed by atoms with Gasteiger partial charge in [0.25, 0.3) is 5.91 Å². The number of carbonyl (C=O) groups excluding carboxylic acids is 1. The molecule has 0 spiro atoms. The van der Waals surface area contributed by atoms with Crippen LogP contribution in [0.25, 0.3) is 0 Å². The van der Waals surface area contributed by atoms with E-state index in [9.17, 15) is 13.2 Å². The van der Waals surface area contributed by atoms with Gasteiger partial charge < -0.3 is 10.2 Å². The van der Waals surface area contributed by atoms with E-state index in [0.29, 0.717) is 30.3 Å². The third-order valence-electron chi connectivity index (χ3n) is 4.29. The number of hydrogen-bond donors (Lipinski definition) is 2. The van der Waals surface area contributed by atoms with Gasteiger partial charge in [-0.3, -0.25) is 9.52 Å². The first-order valence-electron chi connectivity index (χ1n) is 8.38. The van der Waals surface area contributed by atoms with Gasteiger partial charge in [-0.2, -0.15) is 0 Å². The maximum atomic E-state index is 12.9. The molecule has 0 radical (unpaired) electrons. The van der Waals surface area contributed by atoms with Gasteiger partial charge >= 0.3 is 0 Å². The van der Waals surface area contributed by atoms with Crippen molar-refractivity contribution < 1.29 is 13.2 Å². The van der Waals surface area contributed by atoms with Crippen molar-refractivity contribution in [3.05, 3.63) is 29.3 Å². The highest BCUT2D eigenvalue weighted by atomic mass is 35.5. The Balaban J connectivity index is 0.00000312. The van der Waals surface area contributed by atoms with Crippen molar-refractivity contribution in [1.29, 1.82) is 0 Å². The molecule has 1 aliphatic heterocycles. The number of nitrogens with one attached hydrogen (secondary N) is 2. The summed E-state index contributed by atoms with van der Waals surface area (Å²) < 4.78 is 25.5. The summed E-state index contributed by atoms with van der Waals surface area (Å²) in [5.41, 5.74) is 1.70. The number of sulfonamides is 1.